The van der Waals surface area contributed by atoms with E-state index in [0.29, 0.717) is 18.2 Å². The van der Waals surface area contributed by atoms with Crippen LogP contribution in [0.3, 0.4) is 0 Å². The van der Waals surface area contributed by atoms with Crippen LogP contribution in [0.1, 0.15) is 18.4 Å². The van der Waals surface area contributed by atoms with E-state index in [9.17, 15) is 4.79 Å². The Balaban J connectivity index is 1.85. The van der Waals surface area contributed by atoms with Gasteiger partial charge < -0.3 is 14.6 Å². The summed E-state index contributed by atoms with van der Waals surface area (Å²) < 4.78 is 10.4. The Bertz CT molecular complexity index is 428. The number of hydrogen-bond acceptors (Lipinski definition) is 5. The summed E-state index contributed by atoms with van der Waals surface area (Å²) in [6.45, 7) is 0.387. The fraction of sp³-hybridized carbons (Fsp3) is 0.533. The van der Waals surface area contributed by atoms with E-state index in [2.05, 4.69) is 5.32 Å². The molecule has 0 heterocycles. The lowest BCUT2D eigenvalue weighted by molar-refractivity contribution is -0.144. The zero-order valence-electron chi connectivity index (χ0n) is 11.7. The number of esters is 1. The number of nitrogens with one attached hydrogen (secondary N) is 1. The second-order valence-corrected chi connectivity index (χ2v) is 4.95. The maximum Gasteiger partial charge on any atom is 0.326 e. The van der Waals surface area contributed by atoms with E-state index in [0.717, 1.165) is 18.4 Å². The zero-order chi connectivity index (χ0) is 14.4. The third kappa shape index (κ3) is 4.51. The van der Waals surface area contributed by atoms with Gasteiger partial charge in [0.1, 0.15) is 18.4 Å². The van der Waals surface area contributed by atoms with E-state index in [1.807, 2.05) is 24.3 Å². The molecular formula is C15H21NO4. The molecule has 0 bridgehead atoms. The van der Waals surface area contributed by atoms with Gasteiger partial charge in [-0.3, -0.25) is 10.1 Å². The molecule has 0 saturated heterocycles. The molecule has 1 aliphatic rings. The largest absolute Gasteiger partial charge is 0.491 e. The average Bonchev–Trinajstić information content (AvgIpc) is 3.28. The molecule has 0 amide bonds. The summed E-state index contributed by atoms with van der Waals surface area (Å²) in [4.78, 5) is 11.6. The minimum absolute atomic E-state index is 0.135. The summed E-state index contributed by atoms with van der Waals surface area (Å²) >= 11 is 0. The summed E-state index contributed by atoms with van der Waals surface area (Å²) in [6, 6.07) is 7.49. The van der Waals surface area contributed by atoms with Crippen molar-refractivity contribution in [3.8, 4) is 5.75 Å². The molecule has 1 aromatic carbocycles. The van der Waals surface area contributed by atoms with E-state index in [1.54, 1.807) is 0 Å². The molecule has 20 heavy (non-hydrogen) atoms. The molecule has 1 aliphatic carbocycles. The maximum absolute atomic E-state index is 11.6. The van der Waals surface area contributed by atoms with Crippen molar-refractivity contribution in [3.63, 3.8) is 0 Å². The van der Waals surface area contributed by atoms with Gasteiger partial charge in [-0.05, 0) is 37.0 Å². The van der Waals surface area contributed by atoms with Crippen molar-refractivity contribution < 1.29 is 19.4 Å². The minimum atomic E-state index is -0.426. The monoisotopic (exact) mass is 279 g/mol. The molecule has 1 saturated carbocycles. The van der Waals surface area contributed by atoms with Crippen molar-refractivity contribution in [1.82, 2.24) is 5.32 Å². The number of hydrogen-bond donors (Lipinski definition) is 2. The van der Waals surface area contributed by atoms with E-state index in [-0.39, 0.29) is 19.2 Å². The van der Waals surface area contributed by atoms with Gasteiger partial charge in [-0.1, -0.05) is 12.1 Å². The number of carbonyl (C=O) groups excluding carboxylic acids is 1. The van der Waals surface area contributed by atoms with Crippen LogP contribution >= 0.6 is 0 Å². The van der Waals surface area contributed by atoms with Crippen LogP contribution in [0.4, 0.5) is 0 Å². The van der Waals surface area contributed by atoms with E-state index >= 15 is 0 Å². The van der Waals surface area contributed by atoms with Gasteiger partial charge in [-0.2, -0.15) is 0 Å². The normalized spacial score (nSPS) is 15.7. The molecule has 0 aromatic heterocycles. The van der Waals surface area contributed by atoms with Gasteiger partial charge in [0, 0.05) is 12.6 Å². The number of benzene rings is 1. The average molecular weight is 279 g/mol. The lowest BCUT2D eigenvalue weighted by atomic mass is 10.1. The molecule has 0 radical (unpaired) electrons. The maximum atomic E-state index is 11.6. The van der Waals surface area contributed by atoms with Crippen LogP contribution in [0, 0.1) is 0 Å². The number of rotatable bonds is 8. The van der Waals surface area contributed by atoms with Crippen molar-refractivity contribution in [3.05, 3.63) is 29.8 Å². The molecule has 5 nitrogen and oxygen atoms in total. The molecule has 1 fully saturated rings. The van der Waals surface area contributed by atoms with Crippen LogP contribution < -0.4 is 10.1 Å². The molecular weight excluding hydrogens is 258 g/mol. The van der Waals surface area contributed by atoms with Crippen LogP contribution in [-0.4, -0.2) is 43.5 Å². The number of aliphatic hydroxyl groups is 1. The molecule has 110 valence electrons. The van der Waals surface area contributed by atoms with Crippen LogP contribution in [0.2, 0.25) is 0 Å². The molecule has 0 aliphatic heterocycles. The Kier molecular flexibility index (Phi) is 5.38. The standard InChI is InChI=1S/C15H21NO4/c1-19-15(18)14(16-12-4-5-12)10-20-13-6-2-11(3-7-13)8-9-17/h2-3,6-7,12,14,16-17H,4-5,8-10H2,1H3. The second-order valence-electron chi connectivity index (χ2n) is 4.95. The Labute approximate surface area is 118 Å². The number of aliphatic hydroxyl groups excluding tert-OH is 1. The van der Waals surface area contributed by atoms with Gasteiger partial charge in [-0.15, -0.1) is 0 Å². The summed E-state index contributed by atoms with van der Waals surface area (Å²) in [6.07, 6.45) is 2.83. The summed E-state index contributed by atoms with van der Waals surface area (Å²) in [5.41, 5.74) is 1.06. The molecule has 1 atom stereocenters. The van der Waals surface area contributed by atoms with E-state index in [4.69, 9.17) is 14.6 Å². The van der Waals surface area contributed by atoms with Crippen LogP contribution in [0.5, 0.6) is 5.75 Å². The van der Waals surface area contributed by atoms with Crippen LogP contribution in [-0.2, 0) is 16.0 Å². The van der Waals surface area contributed by atoms with Crippen molar-refractivity contribution >= 4 is 5.97 Å². The van der Waals surface area contributed by atoms with Crippen LogP contribution in [0.25, 0.3) is 0 Å². The third-order valence-corrected chi connectivity index (χ3v) is 3.24. The Morgan fingerprint density at radius 1 is 1.40 bits per heavy atom. The summed E-state index contributed by atoms with van der Waals surface area (Å²) in [5, 5.41) is 12.1. The predicted octanol–water partition coefficient (Wildman–Crippen LogP) is 0.894. The van der Waals surface area contributed by atoms with Gasteiger partial charge in [-0.25, -0.2) is 0 Å². The fourth-order valence-corrected chi connectivity index (χ4v) is 1.92. The highest BCUT2D eigenvalue weighted by atomic mass is 16.5. The second kappa shape index (κ2) is 7.26. The minimum Gasteiger partial charge on any atom is -0.491 e. The van der Waals surface area contributed by atoms with E-state index in [1.165, 1.54) is 7.11 Å². The van der Waals surface area contributed by atoms with Gasteiger partial charge in [0.05, 0.1) is 7.11 Å². The van der Waals surface area contributed by atoms with Gasteiger partial charge in [0.2, 0.25) is 0 Å². The topological polar surface area (TPSA) is 67.8 Å². The van der Waals surface area contributed by atoms with Gasteiger partial charge in [0.15, 0.2) is 0 Å². The lowest BCUT2D eigenvalue weighted by Gasteiger charge is -2.17. The van der Waals surface area contributed by atoms with Gasteiger partial charge in [0.25, 0.3) is 0 Å². The van der Waals surface area contributed by atoms with Crippen molar-refractivity contribution in [2.75, 3.05) is 20.3 Å². The van der Waals surface area contributed by atoms with Crippen molar-refractivity contribution in [2.45, 2.75) is 31.3 Å². The number of methoxy groups -OCH3 is 1. The highest BCUT2D eigenvalue weighted by Crippen LogP contribution is 2.20. The fourth-order valence-electron chi connectivity index (χ4n) is 1.92. The summed E-state index contributed by atoms with van der Waals surface area (Å²) in [7, 11) is 1.38. The van der Waals surface area contributed by atoms with E-state index < -0.39 is 6.04 Å². The number of ether oxygens (including phenoxy) is 2. The molecule has 1 unspecified atom stereocenters. The molecule has 2 rings (SSSR count). The van der Waals surface area contributed by atoms with Gasteiger partial charge >= 0.3 is 5.97 Å². The SMILES string of the molecule is COC(=O)C(COc1ccc(CCO)cc1)NC1CC1. The van der Waals surface area contributed by atoms with Crippen LogP contribution in [0.15, 0.2) is 24.3 Å². The smallest absolute Gasteiger partial charge is 0.326 e. The Morgan fingerprint density at radius 3 is 2.65 bits per heavy atom. The zero-order valence-corrected chi connectivity index (χ0v) is 11.7. The first-order valence-electron chi connectivity index (χ1n) is 6.89. The first-order valence-corrected chi connectivity index (χ1v) is 6.89. The van der Waals surface area contributed by atoms with Crippen molar-refractivity contribution in [1.29, 1.82) is 0 Å². The first kappa shape index (κ1) is 14.8. The molecule has 1 aromatic rings. The first-order chi connectivity index (χ1) is 9.72. The number of carbonyl (C=O) groups is 1. The third-order valence-electron chi connectivity index (χ3n) is 3.24. The highest BCUT2D eigenvalue weighted by molar-refractivity contribution is 5.75. The molecule has 5 heteroatoms. The van der Waals surface area contributed by atoms with Crippen molar-refractivity contribution in [2.24, 2.45) is 0 Å². The Hall–Kier alpha value is -1.59. The Morgan fingerprint density at radius 2 is 2.10 bits per heavy atom. The molecule has 0 spiro atoms. The summed E-state index contributed by atoms with van der Waals surface area (Å²) in [5.74, 6) is 0.409. The highest BCUT2D eigenvalue weighted by Gasteiger charge is 2.29. The lowest BCUT2D eigenvalue weighted by Crippen LogP contribution is -2.43. The predicted molar refractivity (Wildman–Crippen MR) is 74.7 cm³/mol. The molecule has 2 N–H and O–H groups in total. The quantitative estimate of drug-likeness (QED) is 0.692.